The molecule has 0 atom stereocenters. The summed E-state index contributed by atoms with van der Waals surface area (Å²) in [6, 6.07) is 56.5. The van der Waals surface area contributed by atoms with E-state index in [4.69, 9.17) is 0 Å². The Bertz CT molecular complexity index is 1620. The van der Waals surface area contributed by atoms with E-state index < -0.39 is 7.26 Å². The summed E-state index contributed by atoms with van der Waals surface area (Å²) in [7, 11) is -1.93. The van der Waals surface area contributed by atoms with Crippen LogP contribution in [0.15, 0.2) is 169 Å². The van der Waals surface area contributed by atoms with Crippen LogP contribution in [0.25, 0.3) is 0 Å². The summed E-state index contributed by atoms with van der Waals surface area (Å²) < 4.78 is 0. The third-order valence-corrected chi connectivity index (χ3v) is 12.1. The molecule has 6 rings (SSSR count). The minimum atomic E-state index is -1.93. The third-order valence-electron chi connectivity index (χ3n) is 7.75. The monoisotopic (exact) mass is 576 g/mol. The Kier molecular flexibility index (Phi) is 9.13. The van der Waals surface area contributed by atoms with Crippen molar-refractivity contribution in [3.05, 3.63) is 186 Å². The van der Waals surface area contributed by atoms with Crippen molar-refractivity contribution in [1.82, 2.24) is 4.98 Å². The Labute approximate surface area is 255 Å². The molecule has 1 heterocycles. The molecule has 1 aromatic heterocycles. The number of pyridine rings is 1. The van der Waals surface area contributed by atoms with Gasteiger partial charge in [0, 0.05) is 11.9 Å². The van der Waals surface area contributed by atoms with Crippen LogP contribution in [0.2, 0.25) is 0 Å². The van der Waals surface area contributed by atoms with Crippen LogP contribution in [-0.2, 0) is 19.0 Å². The number of aryl methyl sites for hydroxylation is 2. The van der Waals surface area contributed by atoms with Crippen molar-refractivity contribution in [2.75, 3.05) is 5.43 Å². The molecule has 0 saturated carbocycles. The number of nitrogens with one attached hydrogen (secondary N) is 1. The highest BCUT2D eigenvalue weighted by atomic mass is 31.2. The van der Waals surface area contributed by atoms with Crippen LogP contribution in [0.3, 0.4) is 0 Å². The smallest absolute Gasteiger partial charge is 0.116 e. The quantitative estimate of drug-likeness (QED) is 0.0971. The maximum atomic E-state index is 4.50. The van der Waals surface area contributed by atoms with Gasteiger partial charge in [0.15, 0.2) is 0 Å². The van der Waals surface area contributed by atoms with Gasteiger partial charge in [0.25, 0.3) is 0 Å². The molecule has 0 aliphatic carbocycles. The zero-order chi connectivity index (χ0) is 29.2. The number of nitrogens with zero attached hydrogens (tertiary/aromatic N) is 2. The highest BCUT2D eigenvalue weighted by molar-refractivity contribution is 7.95. The van der Waals surface area contributed by atoms with Gasteiger partial charge >= 0.3 is 0 Å². The van der Waals surface area contributed by atoms with E-state index >= 15 is 0 Å². The van der Waals surface area contributed by atoms with Gasteiger partial charge in [-0.15, -0.1) is 0 Å². The molecule has 0 aliphatic heterocycles. The van der Waals surface area contributed by atoms with Gasteiger partial charge < -0.3 is 0 Å². The first kappa shape index (κ1) is 28.3. The van der Waals surface area contributed by atoms with Gasteiger partial charge in [0.2, 0.25) is 0 Å². The lowest BCUT2D eigenvalue weighted by molar-refractivity contribution is 0.914. The maximum Gasteiger partial charge on any atom is 0.116 e. The molecular formula is C39H35N3P+. The Balaban J connectivity index is 1.17. The van der Waals surface area contributed by atoms with E-state index in [1.54, 1.807) is 0 Å². The van der Waals surface area contributed by atoms with Crippen LogP contribution in [-0.4, -0.2) is 11.2 Å². The van der Waals surface area contributed by atoms with Crippen LogP contribution in [0.4, 0.5) is 5.69 Å². The van der Waals surface area contributed by atoms with Crippen molar-refractivity contribution in [2.24, 2.45) is 5.10 Å². The number of benzene rings is 5. The van der Waals surface area contributed by atoms with Crippen LogP contribution in [0, 0.1) is 0 Å². The van der Waals surface area contributed by atoms with Crippen molar-refractivity contribution < 1.29 is 0 Å². The molecule has 0 aliphatic rings. The predicted molar refractivity (Wildman–Crippen MR) is 185 cm³/mol. The van der Waals surface area contributed by atoms with Crippen molar-refractivity contribution in [3.63, 3.8) is 0 Å². The molecule has 43 heavy (non-hydrogen) atoms. The molecule has 0 radical (unpaired) electrons. The molecule has 0 saturated heterocycles. The third kappa shape index (κ3) is 6.97. The molecule has 210 valence electrons. The number of anilines is 1. The van der Waals surface area contributed by atoms with Gasteiger partial charge in [-0.2, -0.15) is 5.10 Å². The van der Waals surface area contributed by atoms with E-state index in [0.717, 1.165) is 35.9 Å². The fraction of sp³-hybridized carbons (Fsp3) is 0.0769. The first-order chi connectivity index (χ1) is 21.3. The summed E-state index contributed by atoms with van der Waals surface area (Å²) >= 11 is 0. The molecular weight excluding hydrogens is 541 g/mol. The highest BCUT2D eigenvalue weighted by Crippen LogP contribution is 2.58. The number of rotatable bonds is 11. The lowest BCUT2D eigenvalue weighted by Gasteiger charge is -2.27. The molecule has 0 fully saturated rings. The van der Waals surface area contributed by atoms with Gasteiger partial charge in [0.1, 0.15) is 23.2 Å². The number of aromatic nitrogens is 1. The number of hydrogen-bond acceptors (Lipinski definition) is 3. The van der Waals surface area contributed by atoms with Crippen molar-refractivity contribution >= 4 is 35.1 Å². The van der Waals surface area contributed by atoms with Crippen molar-refractivity contribution in [2.45, 2.75) is 19.0 Å². The topological polar surface area (TPSA) is 37.3 Å². The van der Waals surface area contributed by atoms with Crippen LogP contribution in [0.5, 0.6) is 0 Å². The van der Waals surface area contributed by atoms with Crippen LogP contribution >= 0.6 is 7.26 Å². The van der Waals surface area contributed by atoms with E-state index in [2.05, 4.69) is 161 Å². The fourth-order valence-corrected chi connectivity index (χ4v) is 9.74. The van der Waals surface area contributed by atoms with E-state index in [0.29, 0.717) is 0 Å². The lowest BCUT2D eigenvalue weighted by atomic mass is 10.1. The molecule has 3 nitrogen and oxygen atoms in total. The minimum absolute atomic E-state index is 0.937. The van der Waals surface area contributed by atoms with Gasteiger partial charge in [-0.1, -0.05) is 97.1 Å². The maximum absolute atomic E-state index is 4.50. The Morgan fingerprint density at radius 1 is 0.535 bits per heavy atom. The molecule has 1 N–H and O–H groups in total. The average molecular weight is 577 g/mol. The van der Waals surface area contributed by atoms with E-state index in [1.807, 2.05) is 24.5 Å². The largest absolute Gasteiger partial charge is 0.279 e. The van der Waals surface area contributed by atoms with E-state index in [9.17, 15) is 0 Å². The van der Waals surface area contributed by atoms with Crippen molar-refractivity contribution in [3.8, 4) is 0 Å². The molecule has 0 bridgehead atoms. The average Bonchev–Trinajstić information content (AvgIpc) is 3.09. The summed E-state index contributed by atoms with van der Waals surface area (Å²) in [5, 5.41) is 8.68. The Morgan fingerprint density at radius 2 is 1.07 bits per heavy atom. The number of hydrazone groups is 1. The second-order valence-corrected chi connectivity index (χ2v) is 14.1. The number of hydrogen-bond donors (Lipinski definition) is 1. The molecule has 5 aromatic carbocycles. The summed E-state index contributed by atoms with van der Waals surface area (Å²) in [5.41, 5.74) is 8.93. The van der Waals surface area contributed by atoms with Gasteiger partial charge in [-0.25, -0.2) is 0 Å². The second-order valence-electron chi connectivity index (χ2n) is 10.6. The minimum Gasteiger partial charge on any atom is -0.279 e. The zero-order valence-corrected chi connectivity index (χ0v) is 25.0. The Hall–Kier alpha value is -4.85. The first-order valence-electron chi connectivity index (χ1n) is 14.7. The fourth-order valence-electron chi connectivity index (χ4n) is 5.50. The van der Waals surface area contributed by atoms with Gasteiger partial charge in [-0.3, -0.25) is 10.4 Å². The molecule has 6 aromatic rings. The summed E-state index contributed by atoms with van der Waals surface area (Å²) in [6.45, 7) is 0. The summed E-state index contributed by atoms with van der Waals surface area (Å²) in [4.78, 5) is 4.41. The van der Waals surface area contributed by atoms with E-state index in [-0.39, 0.29) is 0 Å². The van der Waals surface area contributed by atoms with E-state index in [1.165, 1.54) is 27.0 Å². The normalized spacial score (nSPS) is 11.4. The van der Waals surface area contributed by atoms with Gasteiger partial charge in [0.05, 0.1) is 18.1 Å². The molecule has 0 spiro atoms. The molecule has 0 unspecified atom stereocenters. The zero-order valence-electron chi connectivity index (χ0n) is 24.1. The summed E-state index contributed by atoms with van der Waals surface area (Å²) in [6.07, 6.45) is 6.59. The highest BCUT2D eigenvalue weighted by Gasteiger charge is 2.45. The second kappa shape index (κ2) is 13.9. The van der Waals surface area contributed by atoms with Crippen LogP contribution in [0.1, 0.15) is 22.4 Å². The lowest BCUT2D eigenvalue weighted by Crippen LogP contribution is -2.32. The van der Waals surface area contributed by atoms with Gasteiger partial charge in [-0.05, 0) is 90.2 Å². The standard InChI is InChI=1S/C39H35N3P/c1-4-13-37(14-5-1)43(38-15-6-2-7-16-38,39-17-8-3-9-18-39)31-34-21-19-33(20-22-34)30-41-42-36-27-24-32(25-28-36)23-26-35-12-10-11-29-40-35/h1-22,24-25,27-30,42H,23,26,31H2/q+1/b41-30+. The SMILES string of the molecule is C(=N\Nc1ccc(CCc2ccccn2)cc1)/c1ccc(C[P+](c2ccccc2)(c2ccccc2)c2ccccc2)cc1. The molecule has 4 heteroatoms. The molecule has 0 amide bonds. The predicted octanol–water partition coefficient (Wildman–Crippen LogP) is 7.81. The van der Waals surface area contributed by atoms with Crippen LogP contribution < -0.4 is 21.3 Å². The summed E-state index contributed by atoms with van der Waals surface area (Å²) in [5.74, 6) is 0. The van der Waals surface area contributed by atoms with Crippen molar-refractivity contribution in [1.29, 1.82) is 0 Å². The Morgan fingerprint density at radius 3 is 1.60 bits per heavy atom. The first-order valence-corrected chi connectivity index (χ1v) is 16.7.